The molecule has 1 aliphatic rings. The van der Waals surface area contributed by atoms with Crippen molar-refractivity contribution in [3.63, 3.8) is 0 Å². The van der Waals surface area contributed by atoms with Crippen LogP contribution in [0.1, 0.15) is 6.42 Å². The van der Waals surface area contributed by atoms with Gasteiger partial charge in [-0.25, -0.2) is 9.37 Å². The zero-order valence-corrected chi connectivity index (χ0v) is 10.2. The number of carbonyl (C=O) groups is 1. The van der Waals surface area contributed by atoms with E-state index in [4.69, 9.17) is 4.74 Å². The fourth-order valence-electron chi connectivity index (χ4n) is 1.74. The van der Waals surface area contributed by atoms with Gasteiger partial charge in [0.25, 0.3) is 0 Å². The summed E-state index contributed by atoms with van der Waals surface area (Å²) in [5.41, 5.74) is 0. The Morgan fingerprint density at radius 1 is 1.71 bits per heavy atom. The molecule has 0 aliphatic carbocycles. The van der Waals surface area contributed by atoms with Crippen molar-refractivity contribution in [2.45, 2.75) is 6.42 Å². The van der Waals surface area contributed by atoms with Crippen LogP contribution in [0.25, 0.3) is 0 Å². The SMILES string of the molecule is COc1ncc(F)c(N2CC(CS)CC2=O)n1. The maximum Gasteiger partial charge on any atom is 0.318 e. The van der Waals surface area contributed by atoms with Crippen LogP contribution in [-0.2, 0) is 4.79 Å². The largest absolute Gasteiger partial charge is 0.467 e. The number of amides is 1. The average molecular weight is 257 g/mol. The number of methoxy groups -OCH3 is 1. The van der Waals surface area contributed by atoms with E-state index in [2.05, 4.69) is 22.6 Å². The van der Waals surface area contributed by atoms with Crippen molar-refractivity contribution < 1.29 is 13.9 Å². The molecule has 1 saturated heterocycles. The van der Waals surface area contributed by atoms with Crippen molar-refractivity contribution in [1.29, 1.82) is 0 Å². The number of nitrogens with zero attached hydrogens (tertiary/aromatic N) is 3. The highest BCUT2D eigenvalue weighted by atomic mass is 32.1. The molecule has 0 bridgehead atoms. The van der Waals surface area contributed by atoms with E-state index in [1.165, 1.54) is 12.0 Å². The van der Waals surface area contributed by atoms with Gasteiger partial charge < -0.3 is 4.74 Å². The first-order valence-electron chi connectivity index (χ1n) is 5.13. The minimum atomic E-state index is -0.626. The Hall–Kier alpha value is -1.37. The standard InChI is InChI=1S/C10H12FN3O2S/c1-16-10-12-3-7(11)9(13-10)14-4-6(5-17)2-8(14)15/h3,6,17H,2,4-5H2,1H3. The van der Waals surface area contributed by atoms with Gasteiger partial charge in [0.15, 0.2) is 11.6 Å². The summed E-state index contributed by atoms with van der Waals surface area (Å²) in [6, 6.07) is 0.0449. The Bertz CT molecular complexity index is 444. The molecule has 0 spiro atoms. The maximum absolute atomic E-state index is 13.6. The van der Waals surface area contributed by atoms with Crippen LogP contribution in [0.3, 0.4) is 0 Å². The van der Waals surface area contributed by atoms with E-state index in [9.17, 15) is 9.18 Å². The van der Waals surface area contributed by atoms with Crippen LogP contribution >= 0.6 is 12.6 Å². The summed E-state index contributed by atoms with van der Waals surface area (Å²) >= 11 is 4.14. The molecule has 2 rings (SSSR count). The molecule has 1 aromatic rings. The molecule has 17 heavy (non-hydrogen) atoms. The van der Waals surface area contributed by atoms with Crippen LogP contribution < -0.4 is 9.64 Å². The lowest BCUT2D eigenvalue weighted by Crippen LogP contribution is -2.27. The molecular formula is C10H12FN3O2S. The first kappa shape index (κ1) is 12.1. The molecular weight excluding hydrogens is 245 g/mol. The normalized spacial score (nSPS) is 19.8. The van der Waals surface area contributed by atoms with E-state index in [1.807, 2.05) is 0 Å². The first-order chi connectivity index (χ1) is 8.15. The van der Waals surface area contributed by atoms with Gasteiger partial charge in [-0.3, -0.25) is 9.69 Å². The molecule has 1 aromatic heterocycles. The van der Waals surface area contributed by atoms with Gasteiger partial charge in [-0.2, -0.15) is 17.6 Å². The summed E-state index contributed by atoms with van der Waals surface area (Å²) in [7, 11) is 1.39. The highest BCUT2D eigenvalue weighted by Gasteiger charge is 2.32. The summed E-state index contributed by atoms with van der Waals surface area (Å²) in [6.45, 7) is 0.430. The Balaban J connectivity index is 2.30. The van der Waals surface area contributed by atoms with E-state index in [0.29, 0.717) is 18.7 Å². The first-order valence-corrected chi connectivity index (χ1v) is 5.76. The number of ether oxygens (including phenoxy) is 1. The number of hydrogen-bond donors (Lipinski definition) is 1. The summed E-state index contributed by atoms with van der Waals surface area (Å²) in [6.07, 6.45) is 1.37. The lowest BCUT2D eigenvalue weighted by Gasteiger charge is -2.16. The number of carbonyl (C=O) groups excluding carboxylic acids is 1. The minimum Gasteiger partial charge on any atom is -0.467 e. The lowest BCUT2D eigenvalue weighted by atomic mass is 10.1. The van der Waals surface area contributed by atoms with Gasteiger partial charge in [0.2, 0.25) is 5.91 Å². The quantitative estimate of drug-likeness (QED) is 0.818. The molecule has 0 saturated carbocycles. The Morgan fingerprint density at radius 2 is 2.47 bits per heavy atom. The van der Waals surface area contributed by atoms with Gasteiger partial charge in [0.1, 0.15) is 0 Å². The van der Waals surface area contributed by atoms with E-state index >= 15 is 0 Å². The van der Waals surface area contributed by atoms with Crippen LogP contribution in [0.5, 0.6) is 6.01 Å². The van der Waals surface area contributed by atoms with Crippen molar-refractivity contribution >= 4 is 24.4 Å². The molecule has 1 amide bonds. The average Bonchev–Trinajstić information content (AvgIpc) is 2.71. The zero-order chi connectivity index (χ0) is 12.4. The minimum absolute atomic E-state index is 0.0221. The Morgan fingerprint density at radius 3 is 3.06 bits per heavy atom. The molecule has 0 aromatic carbocycles. The molecule has 2 heterocycles. The predicted molar refractivity (Wildman–Crippen MR) is 62.9 cm³/mol. The molecule has 0 N–H and O–H groups in total. The number of halogens is 1. The maximum atomic E-state index is 13.6. The summed E-state index contributed by atoms with van der Waals surface area (Å²) in [5, 5.41) is 0. The third-order valence-corrected chi connectivity index (χ3v) is 3.12. The smallest absolute Gasteiger partial charge is 0.318 e. The second kappa shape index (κ2) is 4.87. The van der Waals surface area contributed by atoms with Gasteiger partial charge in [-0.1, -0.05) is 0 Å². The molecule has 92 valence electrons. The third kappa shape index (κ3) is 2.33. The van der Waals surface area contributed by atoms with Gasteiger partial charge in [-0.05, 0) is 11.7 Å². The summed E-state index contributed by atoms with van der Waals surface area (Å²) in [4.78, 5) is 20.5. The zero-order valence-electron chi connectivity index (χ0n) is 9.26. The highest BCUT2D eigenvalue weighted by Crippen LogP contribution is 2.26. The van der Waals surface area contributed by atoms with Crippen molar-refractivity contribution in [2.75, 3.05) is 24.3 Å². The van der Waals surface area contributed by atoms with Crippen molar-refractivity contribution in [3.05, 3.63) is 12.0 Å². The lowest BCUT2D eigenvalue weighted by molar-refractivity contribution is -0.117. The second-order valence-electron chi connectivity index (χ2n) is 3.79. The third-order valence-electron chi connectivity index (χ3n) is 2.61. The van der Waals surface area contributed by atoms with E-state index in [-0.39, 0.29) is 23.7 Å². The van der Waals surface area contributed by atoms with Crippen LogP contribution in [0.2, 0.25) is 0 Å². The van der Waals surface area contributed by atoms with Crippen LogP contribution in [0.4, 0.5) is 10.2 Å². The topological polar surface area (TPSA) is 55.3 Å². The van der Waals surface area contributed by atoms with E-state index in [1.54, 1.807) is 0 Å². The van der Waals surface area contributed by atoms with Crippen molar-refractivity contribution in [2.24, 2.45) is 5.92 Å². The molecule has 1 unspecified atom stereocenters. The second-order valence-corrected chi connectivity index (χ2v) is 4.15. The van der Waals surface area contributed by atoms with E-state index in [0.717, 1.165) is 6.20 Å². The molecule has 1 aliphatic heterocycles. The van der Waals surface area contributed by atoms with E-state index < -0.39 is 5.82 Å². The molecule has 0 radical (unpaired) electrons. The number of aromatic nitrogens is 2. The predicted octanol–water partition coefficient (Wildman–Crippen LogP) is 0.907. The monoisotopic (exact) mass is 257 g/mol. The van der Waals surface area contributed by atoms with Gasteiger partial charge in [0.05, 0.1) is 13.3 Å². The Labute approximate surface area is 103 Å². The fourth-order valence-corrected chi connectivity index (χ4v) is 1.98. The van der Waals surface area contributed by atoms with Crippen molar-refractivity contribution in [1.82, 2.24) is 9.97 Å². The van der Waals surface area contributed by atoms with Crippen LogP contribution in [-0.4, -0.2) is 35.3 Å². The molecule has 1 atom stereocenters. The van der Waals surface area contributed by atoms with Gasteiger partial charge in [-0.15, -0.1) is 0 Å². The fraction of sp³-hybridized carbons (Fsp3) is 0.500. The highest BCUT2D eigenvalue weighted by molar-refractivity contribution is 7.80. The van der Waals surface area contributed by atoms with Gasteiger partial charge in [0, 0.05) is 13.0 Å². The summed E-state index contributed by atoms with van der Waals surface area (Å²) in [5.74, 6) is -0.0773. The number of thiol groups is 1. The van der Waals surface area contributed by atoms with Crippen LogP contribution in [0, 0.1) is 11.7 Å². The number of hydrogen-bond acceptors (Lipinski definition) is 5. The number of rotatable bonds is 3. The Kier molecular flexibility index (Phi) is 3.46. The molecule has 1 fully saturated rings. The van der Waals surface area contributed by atoms with Crippen molar-refractivity contribution in [3.8, 4) is 6.01 Å². The number of anilines is 1. The molecule has 7 heteroatoms. The molecule has 5 nitrogen and oxygen atoms in total. The van der Waals surface area contributed by atoms with Crippen LogP contribution in [0.15, 0.2) is 6.20 Å². The summed E-state index contributed by atoms with van der Waals surface area (Å²) < 4.78 is 18.4. The van der Waals surface area contributed by atoms with Gasteiger partial charge >= 0.3 is 6.01 Å².